The van der Waals surface area contributed by atoms with Gasteiger partial charge < -0.3 is 20.5 Å². The predicted molar refractivity (Wildman–Crippen MR) is 72.7 cm³/mol. The van der Waals surface area contributed by atoms with Gasteiger partial charge in [-0.05, 0) is 18.9 Å². The quantitative estimate of drug-likeness (QED) is 0.782. The fourth-order valence-electron chi connectivity index (χ4n) is 2.17. The van der Waals surface area contributed by atoms with Crippen LogP contribution in [-0.4, -0.2) is 30.3 Å². The standard InChI is InChI=1S/C14H18N2O4/c17-13(18)7-8-15-14(19)16-11-5-3-9-20-12-6-2-1-4-10(11)12/h1-2,4,6,11H,3,5,7-9H2,(H,17,18)(H2,15,16,19). The summed E-state index contributed by atoms with van der Waals surface area (Å²) < 4.78 is 5.62. The van der Waals surface area contributed by atoms with Crippen molar-refractivity contribution in [2.75, 3.05) is 13.2 Å². The highest BCUT2D eigenvalue weighted by molar-refractivity contribution is 5.75. The number of hydrogen-bond acceptors (Lipinski definition) is 3. The number of carbonyl (C=O) groups is 2. The highest BCUT2D eigenvalue weighted by Gasteiger charge is 2.20. The molecule has 6 heteroatoms. The molecule has 1 atom stereocenters. The number of urea groups is 1. The molecule has 1 aromatic rings. The Bertz CT molecular complexity index is 490. The topological polar surface area (TPSA) is 87.7 Å². The maximum Gasteiger partial charge on any atom is 0.315 e. The Labute approximate surface area is 117 Å². The lowest BCUT2D eigenvalue weighted by molar-refractivity contribution is -0.136. The molecule has 1 unspecified atom stereocenters. The van der Waals surface area contributed by atoms with Gasteiger partial charge in [0, 0.05) is 12.1 Å². The molecule has 0 saturated heterocycles. The number of carbonyl (C=O) groups excluding carboxylic acids is 1. The van der Waals surface area contributed by atoms with Crippen LogP contribution in [0.1, 0.15) is 30.9 Å². The van der Waals surface area contributed by atoms with Crippen LogP contribution in [0, 0.1) is 0 Å². The minimum absolute atomic E-state index is 0.0855. The normalized spacial score (nSPS) is 17.3. The van der Waals surface area contributed by atoms with E-state index in [1.807, 2.05) is 24.3 Å². The van der Waals surface area contributed by atoms with Crippen LogP contribution in [0.15, 0.2) is 24.3 Å². The first kappa shape index (κ1) is 14.2. The smallest absolute Gasteiger partial charge is 0.315 e. The third-order valence-corrected chi connectivity index (χ3v) is 3.12. The van der Waals surface area contributed by atoms with Crippen LogP contribution in [0.5, 0.6) is 5.75 Å². The summed E-state index contributed by atoms with van der Waals surface area (Å²) in [6.07, 6.45) is 1.57. The van der Waals surface area contributed by atoms with Crippen molar-refractivity contribution in [3.63, 3.8) is 0 Å². The number of carboxylic acids is 1. The monoisotopic (exact) mass is 278 g/mol. The van der Waals surface area contributed by atoms with Crippen LogP contribution in [-0.2, 0) is 4.79 Å². The molecule has 1 heterocycles. The summed E-state index contributed by atoms with van der Waals surface area (Å²) >= 11 is 0. The van der Waals surface area contributed by atoms with E-state index in [1.165, 1.54) is 0 Å². The Kier molecular flexibility index (Phi) is 4.81. The zero-order valence-corrected chi connectivity index (χ0v) is 11.1. The lowest BCUT2D eigenvalue weighted by Gasteiger charge is -2.18. The third kappa shape index (κ3) is 3.88. The van der Waals surface area contributed by atoms with E-state index >= 15 is 0 Å². The van der Waals surface area contributed by atoms with Gasteiger partial charge in [0.2, 0.25) is 0 Å². The van der Waals surface area contributed by atoms with Crippen molar-refractivity contribution >= 4 is 12.0 Å². The molecule has 1 aliphatic heterocycles. The van der Waals surface area contributed by atoms with Crippen molar-refractivity contribution < 1.29 is 19.4 Å². The number of amides is 2. The average molecular weight is 278 g/mol. The SMILES string of the molecule is O=C(O)CCNC(=O)NC1CCCOc2ccccc21. The summed E-state index contributed by atoms with van der Waals surface area (Å²) in [4.78, 5) is 22.2. The molecule has 20 heavy (non-hydrogen) atoms. The van der Waals surface area contributed by atoms with E-state index in [-0.39, 0.29) is 25.0 Å². The average Bonchev–Trinajstić information content (AvgIpc) is 2.61. The van der Waals surface area contributed by atoms with Crippen molar-refractivity contribution in [3.8, 4) is 5.75 Å². The van der Waals surface area contributed by atoms with Crippen LogP contribution in [0.4, 0.5) is 4.79 Å². The van der Waals surface area contributed by atoms with Crippen molar-refractivity contribution in [2.45, 2.75) is 25.3 Å². The highest BCUT2D eigenvalue weighted by Crippen LogP contribution is 2.30. The zero-order valence-electron chi connectivity index (χ0n) is 11.1. The summed E-state index contributed by atoms with van der Waals surface area (Å²) in [6, 6.07) is 7.16. The predicted octanol–water partition coefficient (Wildman–Crippen LogP) is 1.67. The van der Waals surface area contributed by atoms with Gasteiger partial charge in [-0.15, -0.1) is 0 Å². The fourth-order valence-corrected chi connectivity index (χ4v) is 2.17. The highest BCUT2D eigenvalue weighted by atomic mass is 16.5. The van der Waals surface area contributed by atoms with Crippen LogP contribution >= 0.6 is 0 Å². The number of hydrogen-bond donors (Lipinski definition) is 3. The number of benzene rings is 1. The van der Waals surface area contributed by atoms with Crippen molar-refractivity contribution in [1.29, 1.82) is 0 Å². The van der Waals surface area contributed by atoms with E-state index in [0.717, 1.165) is 24.2 Å². The number of fused-ring (bicyclic) bond motifs is 1. The maximum atomic E-state index is 11.8. The number of para-hydroxylation sites is 1. The first-order valence-electron chi connectivity index (χ1n) is 6.64. The van der Waals surface area contributed by atoms with Crippen LogP contribution in [0.25, 0.3) is 0 Å². The molecule has 6 nitrogen and oxygen atoms in total. The molecule has 0 fully saturated rings. The Morgan fingerprint density at radius 3 is 2.95 bits per heavy atom. The second-order valence-electron chi connectivity index (χ2n) is 4.63. The largest absolute Gasteiger partial charge is 0.493 e. The zero-order chi connectivity index (χ0) is 14.4. The molecule has 1 aliphatic rings. The van der Waals surface area contributed by atoms with Crippen LogP contribution in [0.2, 0.25) is 0 Å². The van der Waals surface area contributed by atoms with Gasteiger partial charge in [0.05, 0.1) is 19.1 Å². The lowest BCUT2D eigenvalue weighted by atomic mass is 10.0. The summed E-state index contributed by atoms with van der Waals surface area (Å²) in [5, 5.41) is 13.9. The third-order valence-electron chi connectivity index (χ3n) is 3.12. The van der Waals surface area contributed by atoms with E-state index in [4.69, 9.17) is 9.84 Å². The van der Waals surface area contributed by atoms with Crippen molar-refractivity contribution in [2.24, 2.45) is 0 Å². The molecular weight excluding hydrogens is 260 g/mol. The van der Waals surface area contributed by atoms with Crippen LogP contribution in [0.3, 0.4) is 0 Å². The molecule has 0 spiro atoms. The van der Waals surface area contributed by atoms with Gasteiger partial charge in [0.15, 0.2) is 0 Å². The van der Waals surface area contributed by atoms with E-state index in [1.54, 1.807) is 0 Å². The van der Waals surface area contributed by atoms with Crippen molar-refractivity contribution in [3.05, 3.63) is 29.8 Å². The molecule has 2 rings (SSSR count). The van der Waals surface area contributed by atoms with Gasteiger partial charge in [0.1, 0.15) is 5.75 Å². The van der Waals surface area contributed by atoms with Gasteiger partial charge in [-0.1, -0.05) is 18.2 Å². The summed E-state index contributed by atoms with van der Waals surface area (Å²) in [6.45, 7) is 0.752. The van der Waals surface area contributed by atoms with Gasteiger partial charge in [-0.2, -0.15) is 0 Å². The molecule has 0 saturated carbocycles. The maximum absolute atomic E-state index is 11.8. The molecule has 0 radical (unpaired) electrons. The molecule has 0 aliphatic carbocycles. The molecule has 108 valence electrons. The Morgan fingerprint density at radius 1 is 1.35 bits per heavy atom. The minimum Gasteiger partial charge on any atom is -0.493 e. The number of rotatable bonds is 4. The van der Waals surface area contributed by atoms with E-state index in [2.05, 4.69) is 10.6 Å². The second kappa shape index (κ2) is 6.79. The number of ether oxygens (including phenoxy) is 1. The molecule has 2 amide bonds. The minimum atomic E-state index is -0.932. The molecule has 0 bridgehead atoms. The van der Waals surface area contributed by atoms with E-state index < -0.39 is 5.97 Å². The molecular formula is C14H18N2O4. The molecule has 1 aromatic carbocycles. The first-order chi connectivity index (χ1) is 9.66. The van der Waals surface area contributed by atoms with E-state index in [9.17, 15) is 9.59 Å². The molecule has 3 N–H and O–H groups in total. The number of carboxylic acid groups (broad SMARTS) is 1. The Morgan fingerprint density at radius 2 is 2.15 bits per heavy atom. The van der Waals surface area contributed by atoms with Crippen LogP contribution < -0.4 is 15.4 Å². The fraction of sp³-hybridized carbons (Fsp3) is 0.429. The van der Waals surface area contributed by atoms with Gasteiger partial charge in [-0.3, -0.25) is 4.79 Å². The second-order valence-corrected chi connectivity index (χ2v) is 4.63. The Hall–Kier alpha value is -2.24. The summed E-state index contributed by atoms with van der Waals surface area (Å²) in [5.41, 5.74) is 0.957. The van der Waals surface area contributed by atoms with Gasteiger partial charge in [0.25, 0.3) is 0 Å². The van der Waals surface area contributed by atoms with Crippen molar-refractivity contribution in [1.82, 2.24) is 10.6 Å². The first-order valence-corrected chi connectivity index (χ1v) is 6.64. The lowest BCUT2D eigenvalue weighted by Crippen LogP contribution is -2.38. The van der Waals surface area contributed by atoms with E-state index in [0.29, 0.717) is 6.61 Å². The Balaban J connectivity index is 1.95. The number of aliphatic carboxylic acids is 1. The number of nitrogens with one attached hydrogen (secondary N) is 2. The van der Waals surface area contributed by atoms with Gasteiger partial charge >= 0.3 is 12.0 Å². The molecule has 0 aromatic heterocycles. The summed E-state index contributed by atoms with van der Waals surface area (Å²) in [7, 11) is 0. The van der Waals surface area contributed by atoms with Gasteiger partial charge in [-0.25, -0.2) is 4.79 Å². The summed E-state index contributed by atoms with van der Waals surface area (Å²) in [5.74, 6) is -0.139.